The van der Waals surface area contributed by atoms with E-state index in [2.05, 4.69) is 159 Å². The van der Waals surface area contributed by atoms with Crippen LogP contribution in [0, 0.1) is 6.92 Å². The number of fused-ring (bicyclic) bond motifs is 1. The van der Waals surface area contributed by atoms with Gasteiger partial charge >= 0.3 is 0 Å². The van der Waals surface area contributed by atoms with Crippen molar-refractivity contribution in [3.63, 3.8) is 0 Å². The van der Waals surface area contributed by atoms with Crippen molar-refractivity contribution in [1.82, 2.24) is 19.9 Å². The topological polar surface area (TPSA) is 51.6 Å². The van der Waals surface area contributed by atoms with E-state index in [0.29, 0.717) is 17.5 Å². The minimum absolute atomic E-state index is 0.618. The van der Waals surface area contributed by atoms with Gasteiger partial charge in [0.1, 0.15) is 0 Å². The summed E-state index contributed by atoms with van der Waals surface area (Å²) in [4.78, 5) is 20.4. The molecule has 0 spiro atoms. The fraction of sp³-hybridized carbons (Fsp3) is 0.0182. The van der Waals surface area contributed by atoms with Crippen molar-refractivity contribution in [2.45, 2.75) is 6.92 Å². The number of aromatic nitrogens is 4. The van der Waals surface area contributed by atoms with Gasteiger partial charge in [0.25, 0.3) is 0 Å². The van der Waals surface area contributed by atoms with Crippen LogP contribution >= 0.6 is 0 Å². The molecular formula is C55H38N4. The van der Waals surface area contributed by atoms with E-state index in [9.17, 15) is 0 Å². The van der Waals surface area contributed by atoms with Crippen LogP contribution < -0.4 is 0 Å². The molecule has 0 aliphatic carbocycles. The van der Waals surface area contributed by atoms with E-state index in [-0.39, 0.29) is 0 Å². The molecule has 0 amide bonds. The molecule has 0 aliphatic heterocycles. The smallest absolute Gasteiger partial charge is 0.164 e. The Morgan fingerprint density at radius 3 is 1.20 bits per heavy atom. The van der Waals surface area contributed by atoms with Crippen LogP contribution in [-0.4, -0.2) is 19.9 Å². The summed E-state index contributed by atoms with van der Waals surface area (Å²) >= 11 is 0. The molecule has 59 heavy (non-hydrogen) atoms. The molecular weight excluding hydrogens is 717 g/mol. The third kappa shape index (κ3) is 7.55. The van der Waals surface area contributed by atoms with Crippen molar-refractivity contribution < 1.29 is 0 Å². The summed E-state index contributed by atoms with van der Waals surface area (Å²) in [5.41, 5.74) is 14.6. The molecule has 0 bridgehead atoms. The van der Waals surface area contributed by atoms with Crippen molar-refractivity contribution in [3.8, 4) is 90.1 Å². The first kappa shape index (κ1) is 35.6. The number of benzene rings is 8. The van der Waals surface area contributed by atoms with Gasteiger partial charge in [0.2, 0.25) is 0 Å². The van der Waals surface area contributed by atoms with Gasteiger partial charge in [0, 0.05) is 27.8 Å². The Balaban J connectivity index is 1.09. The average Bonchev–Trinajstić information content (AvgIpc) is 3.32. The largest absolute Gasteiger partial charge is 0.248 e. The summed E-state index contributed by atoms with van der Waals surface area (Å²) in [7, 11) is 0. The molecule has 0 radical (unpaired) electrons. The second kappa shape index (κ2) is 15.6. The minimum atomic E-state index is 0.618. The quantitative estimate of drug-likeness (QED) is 0.155. The van der Waals surface area contributed by atoms with Crippen molar-refractivity contribution in [3.05, 3.63) is 218 Å². The molecule has 2 heterocycles. The zero-order valence-electron chi connectivity index (χ0n) is 32.5. The molecule has 10 aromatic rings. The van der Waals surface area contributed by atoms with E-state index in [0.717, 1.165) is 72.6 Å². The van der Waals surface area contributed by atoms with E-state index in [1.165, 1.54) is 16.3 Å². The summed E-state index contributed by atoms with van der Waals surface area (Å²) in [6.07, 6.45) is 0. The second-order valence-electron chi connectivity index (χ2n) is 14.8. The lowest BCUT2D eigenvalue weighted by Gasteiger charge is -2.13. The Hall–Kier alpha value is -7.82. The van der Waals surface area contributed by atoms with Crippen LogP contribution in [-0.2, 0) is 0 Å². The number of rotatable bonds is 8. The number of hydrogen-bond acceptors (Lipinski definition) is 4. The number of aryl methyl sites for hydroxylation is 1. The van der Waals surface area contributed by atoms with E-state index in [4.69, 9.17) is 19.9 Å². The predicted octanol–water partition coefficient (Wildman–Crippen LogP) is 14.1. The van der Waals surface area contributed by atoms with Gasteiger partial charge in [-0.2, -0.15) is 0 Å². The fourth-order valence-electron chi connectivity index (χ4n) is 7.58. The second-order valence-corrected chi connectivity index (χ2v) is 14.8. The van der Waals surface area contributed by atoms with Gasteiger partial charge < -0.3 is 0 Å². The van der Waals surface area contributed by atoms with Gasteiger partial charge in [0.05, 0.1) is 11.4 Å². The van der Waals surface area contributed by atoms with Gasteiger partial charge in [-0.3, -0.25) is 0 Å². The molecule has 0 saturated carbocycles. The average molecular weight is 755 g/mol. The molecule has 4 heteroatoms. The Morgan fingerprint density at radius 1 is 0.237 bits per heavy atom. The number of nitrogens with zero attached hydrogens (tertiary/aromatic N) is 4. The fourth-order valence-corrected chi connectivity index (χ4v) is 7.58. The molecule has 0 aliphatic rings. The molecule has 8 aromatic carbocycles. The zero-order valence-corrected chi connectivity index (χ0v) is 32.5. The zero-order chi connectivity index (χ0) is 39.5. The Labute approximate surface area is 344 Å². The summed E-state index contributed by atoms with van der Waals surface area (Å²) in [5.74, 6) is 1.89. The summed E-state index contributed by atoms with van der Waals surface area (Å²) < 4.78 is 0. The lowest BCUT2D eigenvalue weighted by Crippen LogP contribution is -2.00. The first-order valence-corrected chi connectivity index (χ1v) is 19.9. The van der Waals surface area contributed by atoms with Crippen LogP contribution in [0.15, 0.2) is 212 Å². The lowest BCUT2D eigenvalue weighted by atomic mass is 9.94. The summed E-state index contributed by atoms with van der Waals surface area (Å²) in [6.45, 7) is 2.11. The predicted molar refractivity (Wildman–Crippen MR) is 243 cm³/mol. The van der Waals surface area contributed by atoms with E-state index >= 15 is 0 Å². The van der Waals surface area contributed by atoms with Crippen molar-refractivity contribution >= 4 is 10.8 Å². The maximum Gasteiger partial charge on any atom is 0.164 e. The van der Waals surface area contributed by atoms with Gasteiger partial charge in [-0.25, -0.2) is 19.9 Å². The first-order chi connectivity index (χ1) is 29.1. The van der Waals surface area contributed by atoms with Crippen LogP contribution in [0.1, 0.15) is 5.56 Å². The van der Waals surface area contributed by atoms with E-state index in [1.54, 1.807) is 0 Å². The van der Waals surface area contributed by atoms with E-state index in [1.807, 2.05) is 60.7 Å². The lowest BCUT2D eigenvalue weighted by molar-refractivity contribution is 1.07. The monoisotopic (exact) mass is 754 g/mol. The molecule has 0 fully saturated rings. The highest BCUT2D eigenvalue weighted by molar-refractivity contribution is 5.88. The highest BCUT2D eigenvalue weighted by atomic mass is 15.0. The Bertz CT molecular complexity index is 3010. The van der Waals surface area contributed by atoms with Gasteiger partial charge in [-0.1, -0.05) is 181 Å². The summed E-state index contributed by atoms with van der Waals surface area (Å²) in [5, 5.41) is 2.41. The third-order valence-corrected chi connectivity index (χ3v) is 10.8. The Kier molecular flexibility index (Phi) is 9.41. The molecule has 2 aromatic heterocycles. The Morgan fingerprint density at radius 2 is 0.627 bits per heavy atom. The van der Waals surface area contributed by atoms with Crippen LogP contribution in [0.3, 0.4) is 0 Å². The van der Waals surface area contributed by atoms with Crippen molar-refractivity contribution in [2.75, 3.05) is 0 Å². The third-order valence-electron chi connectivity index (χ3n) is 10.8. The van der Waals surface area contributed by atoms with Crippen molar-refractivity contribution in [2.24, 2.45) is 0 Å². The SMILES string of the molecule is Cc1ccc(-c2cc(-c3ccc(-c4cc(-c5ccccc5)cc(-c5ccc6ccccc6c5)n4)cc3)cc(-c3nc(-c4ccccc4)nc(-c4ccccc4)n3)c2)cc1. The molecule has 10 rings (SSSR count). The molecule has 0 unspecified atom stereocenters. The molecule has 0 N–H and O–H groups in total. The maximum atomic E-state index is 5.27. The maximum absolute atomic E-state index is 5.27. The molecule has 4 nitrogen and oxygen atoms in total. The van der Waals surface area contributed by atoms with Gasteiger partial charge in [0.15, 0.2) is 17.5 Å². The van der Waals surface area contributed by atoms with Gasteiger partial charge in [-0.15, -0.1) is 0 Å². The van der Waals surface area contributed by atoms with Crippen LogP contribution in [0.25, 0.3) is 101 Å². The standard InChI is InChI=1S/C55H38N4/c1-37-21-23-40(24-22-37)47-32-48(34-50(33-47)55-58-53(43-16-7-3-8-17-43)57-54(59-55)44-18-9-4-10-19-44)41-25-28-42(29-26-41)51-35-49(38-13-5-2-6-14-38)36-52(56-51)46-30-27-39-15-11-12-20-45(39)31-46/h2-36H,1H3. The van der Waals surface area contributed by atoms with Crippen LogP contribution in [0.5, 0.6) is 0 Å². The number of pyridine rings is 1. The highest BCUT2D eigenvalue weighted by Crippen LogP contribution is 2.36. The van der Waals surface area contributed by atoms with Crippen LogP contribution in [0.2, 0.25) is 0 Å². The van der Waals surface area contributed by atoms with Crippen molar-refractivity contribution in [1.29, 1.82) is 0 Å². The molecule has 278 valence electrons. The normalized spacial score (nSPS) is 11.1. The first-order valence-electron chi connectivity index (χ1n) is 19.9. The summed E-state index contributed by atoms with van der Waals surface area (Å²) in [6, 6.07) is 74.2. The molecule has 0 atom stereocenters. The van der Waals surface area contributed by atoms with Crippen LogP contribution in [0.4, 0.5) is 0 Å². The van der Waals surface area contributed by atoms with E-state index < -0.39 is 0 Å². The molecule has 0 saturated heterocycles. The number of hydrogen-bond donors (Lipinski definition) is 0. The van der Waals surface area contributed by atoms with Gasteiger partial charge in [-0.05, 0) is 87.5 Å². The minimum Gasteiger partial charge on any atom is -0.248 e. The highest BCUT2D eigenvalue weighted by Gasteiger charge is 2.16.